The number of aliphatic imine (C=N–C) groups is 1. The van der Waals surface area contributed by atoms with Gasteiger partial charge in [-0.3, -0.25) is 0 Å². The molecule has 1 rings (SSSR count). The minimum Gasteiger partial charge on any atom is -0.395 e. The van der Waals surface area contributed by atoms with Gasteiger partial charge >= 0.3 is 0 Å². The second-order valence-corrected chi connectivity index (χ2v) is 2.13. The molecule has 0 saturated carbocycles. The molecule has 0 radical (unpaired) electrons. The second-order valence-electron chi connectivity index (χ2n) is 1.76. The lowest BCUT2D eigenvalue weighted by atomic mass is 10.6. The average molecular weight is 144 g/mol. The fourth-order valence-corrected chi connectivity index (χ4v) is 0.925. The van der Waals surface area contributed by atoms with Crippen LogP contribution >= 0.6 is 12.2 Å². The maximum atomic E-state index is 8.49. The highest BCUT2D eigenvalue weighted by atomic mass is 32.1. The van der Waals surface area contributed by atoms with Crippen LogP contribution in [0.4, 0.5) is 0 Å². The molecule has 0 bridgehead atoms. The van der Waals surface area contributed by atoms with Gasteiger partial charge in [0.1, 0.15) is 0 Å². The summed E-state index contributed by atoms with van der Waals surface area (Å²) in [7, 11) is 0. The second kappa shape index (κ2) is 2.89. The summed E-state index contributed by atoms with van der Waals surface area (Å²) in [5, 5.41) is 9.07. The van der Waals surface area contributed by atoms with Crippen molar-refractivity contribution in [1.29, 1.82) is 0 Å². The molecule has 0 aromatic rings. The van der Waals surface area contributed by atoms with E-state index in [0.29, 0.717) is 11.7 Å². The van der Waals surface area contributed by atoms with E-state index >= 15 is 0 Å². The Morgan fingerprint density at radius 3 is 3.11 bits per heavy atom. The Morgan fingerprint density at radius 1 is 1.89 bits per heavy atom. The molecule has 0 aliphatic carbocycles. The first-order chi connectivity index (χ1) is 4.34. The highest BCUT2D eigenvalue weighted by Crippen LogP contribution is 1.97. The maximum absolute atomic E-state index is 8.49. The van der Waals surface area contributed by atoms with Crippen LogP contribution < -0.4 is 0 Å². The van der Waals surface area contributed by atoms with Crippen LogP contribution in [0.1, 0.15) is 0 Å². The van der Waals surface area contributed by atoms with E-state index in [0.717, 1.165) is 6.54 Å². The fraction of sp³-hybridized carbons (Fsp3) is 0.600. The van der Waals surface area contributed by atoms with Crippen LogP contribution in [-0.2, 0) is 0 Å². The first kappa shape index (κ1) is 6.64. The summed E-state index contributed by atoms with van der Waals surface area (Å²) in [4.78, 5) is 5.70. The summed E-state index contributed by atoms with van der Waals surface area (Å²) in [5.74, 6) is 0. The summed E-state index contributed by atoms with van der Waals surface area (Å²) >= 11 is 4.82. The van der Waals surface area contributed by atoms with Gasteiger partial charge in [-0.1, -0.05) is 0 Å². The third kappa shape index (κ3) is 1.46. The number of nitrogens with zero attached hydrogens (tertiary/aromatic N) is 2. The number of β-amino-alcohol motifs (C(OH)–C–C–N with tert-alkyl or cyclic N) is 1. The zero-order valence-corrected chi connectivity index (χ0v) is 5.77. The Balaban J connectivity index is 2.37. The van der Waals surface area contributed by atoms with Crippen molar-refractivity contribution >= 4 is 23.5 Å². The lowest BCUT2D eigenvalue weighted by molar-refractivity contribution is 0.261. The van der Waals surface area contributed by atoms with Gasteiger partial charge in [0.25, 0.3) is 0 Å². The van der Waals surface area contributed by atoms with Crippen molar-refractivity contribution in [3.63, 3.8) is 0 Å². The molecule has 0 spiro atoms. The standard InChI is InChI=1S/C5H8N2OS/c8-4-3-7-2-1-6-5(7)9/h1,8H,2-4H2. The van der Waals surface area contributed by atoms with Gasteiger partial charge in [0.2, 0.25) is 0 Å². The van der Waals surface area contributed by atoms with E-state index in [1.165, 1.54) is 0 Å². The predicted octanol–water partition coefficient (Wildman–Crippen LogP) is -0.350. The summed E-state index contributed by atoms with van der Waals surface area (Å²) in [6.45, 7) is 1.49. The normalized spacial score (nSPS) is 17.4. The molecule has 0 saturated heterocycles. The van der Waals surface area contributed by atoms with Gasteiger partial charge in [0.15, 0.2) is 5.11 Å². The van der Waals surface area contributed by atoms with Crippen molar-refractivity contribution in [2.75, 3.05) is 19.7 Å². The van der Waals surface area contributed by atoms with Gasteiger partial charge in [-0.05, 0) is 12.2 Å². The number of rotatable bonds is 2. The Kier molecular flexibility index (Phi) is 2.13. The monoisotopic (exact) mass is 144 g/mol. The maximum Gasteiger partial charge on any atom is 0.195 e. The van der Waals surface area contributed by atoms with Gasteiger partial charge in [0, 0.05) is 12.8 Å². The van der Waals surface area contributed by atoms with Crippen molar-refractivity contribution < 1.29 is 5.11 Å². The van der Waals surface area contributed by atoms with Crippen LogP contribution in [0.5, 0.6) is 0 Å². The molecule has 1 aliphatic heterocycles. The summed E-state index contributed by atoms with van der Waals surface area (Å²) < 4.78 is 0. The van der Waals surface area contributed by atoms with E-state index in [9.17, 15) is 0 Å². The van der Waals surface area contributed by atoms with E-state index < -0.39 is 0 Å². The van der Waals surface area contributed by atoms with E-state index in [4.69, 9.17) is 17.3 Å². The van der Waals surface area contributed by atoms with Crippen LogP contribution in [0.25, 0.3) is 0 Å². The SMILES string of the molecule is OCCN1CC=NC1=S. The molecular formula is C5H8N2OS. The zero-order valence-electron chi connectivity index (χ0n) is 4.95. The number of hydrogen-bond acceptors (Lipinski definition) is 2. The number of aliphatic hydroxyl groups excluding tert-OH is 1. The minimum absolute atomic E-state index is 0.142. The molecule has 9 heavy (non-hydrogen) atoms. The van der Waals surface area contributed by atoms with Gasteiger partial charge < -0.3 is 10.0 Å². The van der Waals surface area contributed by atoms with Crippen molar-refractivity contribution in [3.8, 4) is 0 Å². The van der Waals surface area contributed by atoms with Crippen molar-refractivity contribution in [2.45, 2.75) is 0 Å². The quantitative estimate of drug-likeness (QED) is 0.538. The lowest BCUT2D eigenvalue weighted by Gasteiger charge is -2.12. The summed E-state index contributed by atoms with van der Waals surface area (Å²) in [6.07, 6.45) is 1.75. The predicted molar refractivity (Wildman–Crippen MR) is 39.7 cm³/mol. The molecular weight excluding hydrogens is 136 g/mol. The van der Waals surface area contributed by atoms with Gasteiger partial charge in [-0.15, -0.1) is 0 Å². The Labute approximate surface area is 59.0 Å². The molecule has 0 fully saturated rings. The van der Waals surface area contributed by atoms with E-state index in [-0.39, 0.29) is 6.61 Å². The third-order valence-corrected chi connectivity index (χ3v) is 1.51. The van der Waals surface area contributed by atoms with Crippen LogP contribution in [0, 0.1) is 0 Å². The van der Waals surface area contributed by atoms with Crippen molar-refractivity contribution in [3.05, 3.63) is 0 Å². The molecule has 4 heteroatoms. The summed E-state index contributed by atoms with van der Waals surface area (Å²) in [5.41, 5.74) is 0. The molecule has 1 heterocycles. The zero-order chi connectivity index (χ0) is 6.69. The lowest BCUT2D eigenvalue weighted by Crippen LogP contribution is -2.27. The largest absolute Gasteiger partial charge is 0.395 e. The first-order valence-corrected chi connectivity index (χ1v) is 3.17. The first-order valence-electron chi connectivity index (χ1n) is 2.77. The Bertz CT molecular complexity index is 146. The Morgan fingerprint density at radius 2 is 2.67 bits per heavy atom. The molecule has 1 N–H and O–H groups in total. The van der Waals surface area contributed by atoms with E-state index in [2.05, 4.69) is 4.99 Å². The van der Waals surface area contributed by atoms with Crippen LogP contribution in [0.3, 0.4) is 0 Å². The van der Waals surface area contributed by atoms with Crippen molar-refractivity contribution in [1.82, 2.24) is 4.90 Å². The third-order valence-electron chi connectivity index (χ3n) is 1.14. The number of thiocarbonyl (C=S) groups is 1. The topological polar surface area (TPSA) is 35.8 Å². The van der Waals surface area contributed by atoms with Crippen molar-refractivity contribution in [2.24, 2.45) is 4.99 Å². The molecule has 0 aromatic heterocycles. The molecule has 1 aliphatic rings. The number of aliphatic hydroxyl groups is 1. The van der Waals surface area contributed by atoms with E-state index in [1.807, 2.05) is 4.90 Å². The highest BCUT2D eigenvalue weighted by Gasteiger charge is 2.09. The van der Waals surface area contributed by atoms with Gasteiger partial charge in [0.05, 0.1) is 13.2 Å². The molecule has 0 amide bonds. The molecule has 50 valence electrons. The highest BCUT2D eigenvalue weighted by molar-refractivity contribution is 7.80. The van der Waals surface area contributed by atoms with Gasteiger partial charge in [-0.25, -0.2) is 4.99 Å². The summed E-state index contributed by atoms with van der Waals surface area (Å²) in [6, 6.07) is 0. The van der Waals surface area contributed by atoms with Crippen LogP contribution in [-0.4, -0.2) is 41.0 Å². The van der Waals surface area contributed by atoms with E-state index in [1.54, 1.807) is 6.21 Å². The molecule has 3 nitrogen and oxygen atoms in total. The molecule has 0 unspecified atom stereocenters. The fourth-order valence-electron chi connectivity index (χ4n) is 0.685. The molecule has 0 aromatic carbocycles. The average Bonchev–Trinajstić information content (AvgIpc) is 2.18. The van der Waals surface area contributed by atoms with Crippen LogP contribution in [0.2, 0.25) is 0 Å². The van der Waals surface area contributed by atoms with Crippen LogP contribution in [0.15, 0.2) is 4.99 Å². The Hall–Kier alpha value is -0.480. The van der Waals surface area contributed by atoms with Gasteiger partial charge in [-0.2, -0.15) is 0 Å². The number of hydrogen-bond donors (Lipinski definition) is 1. The minimum atomic E-state index is 0.142. The molecule has 0 atom stereocenters. The smallest absolute Gasteiger partial charge is 0.195 e.